The molecule has 0 aliphatic carbocycles. The Morgan fingerprint density at radius 1 is 1.25 bits per heavy atom. The molecule has 1 rings (SSSR count). The maximum atomic E-state index is 11.6. The van der Waals surface area contributed by atoms with Gasteiger partial charge < -0.3 is 21.3 Å². The Bertz CT molecular complexity index is 445. The van der Waals surface area contributed by atoms with E-state index in [0.717, 1.165) is 13.1 Å². The summed E-state index contributed by atoms with van der Waals surface area (Å²) in [7, 11) is 0. The van der Waals surface area contributed by atoms with Crippen molar-refractivity contribution in [2.24, 2.45) is 0 Å². The highest BCUT2D eigenvalue weighted by Crippen LogP contribution is 2.11. The van der Waals surface area contributed by atoms with Crippen LogP contribution in [-0.4, -0.2) is 46.5 Å². The van der Waals surface area contributed by atoms with Crippen LogP contribution in [-0.2, 0) is 4.79 Å². The third kappa shape index (κ3) is 4.87. The summed E-state index contributed by atoms with van der Waals surface area (Å²) >= 11 is 0. The van der Waals surface area contributed by atoms with Gasteiger partial charge in [0.1, 0.15) is 0 Å². The first-order valence-corrected chi connectivity index (χ1v) is 6.76. The first-order valence-electron chi connectivity index (χ1n) is 6.76. The molecular weight excluding hydrogens is 258 g/mol. The van der Waals surface area contributed by atoms with Crippen LogP contribution in [0.4, 0.5) is 17.8 Å². The van der Waals surface area contributed by atoms with Crippen molar-refractivity contribution in [3.63, 3.8) is 0 Å². The number of carbonyl (C=O) groups excluding carboxylic acids is 1. The van der Waals surface area contributed by atoms with Crippen LogP contribution < -0.4 is 21.3 Å². The molecule has 0 fully saturated rings. The van der Waals surface area contributed by atoms with Gasteiger partial charge in [-0.15, -0.1) is 0 Å². The molecule has 1 aromatic rings. The summed E-state index contributed by atoms with van der Waals surface area (Å²) in [5, 5.41) is 5.63. The zero-order valence-corrected chi connectivity index (χ0v) is 12.5. The maximum absolute atomic E-state index is 11.6. The van der Waals surface area contributed by atoms with Crippen LogP contribution in [0.25, 0.3) is 0 Å². The molecule has 4 N–H and O–H groups in total. The number of rotatable bonds is 7. The number of nitrogens with two attached hydrogens (primary N) is 1. The number of anilines is 3. The number of nitrogen functional groups attached to an aromatic ring is 1. The minimum Gasteiger partial charge on any atom is -0.368 e. The van der Waals surface area contributed by atoms with E-state index in [2.05, 4.69) is 25.6 Å². The fraction of sp³-hybridized carbons (Fsp3) is 0.667. The van der Waals surface area contributed by atoms with Crippen LogP contribution in [0, 0.1) is 0 Å². The average molecular weight is 281 g/mol. The monoisotopic (exact) mass is 281 g/mol. The minimum atomic E-state index is -0.122. The summed E-state index contributed by atoms with van der Waals surface area (Å²) in [4.78, 5) is 25.8. The van der Waals surface area contributed by atoms with Gasteiger partial charge in [0.05, 0.1) is 6.54 Å². The predicted octanol–water partition coefficient (Wildman–Crippen LogP) is 0.237. The Labute approximate surface area is 119 Å². The van der Waals surface area contributed by atoms with E-state index in [1.807, 2.05) is 32.6 Å². The number of nitrogens with zero attached hydrogens (tertiary/aromatic N) is 4. The molecule has 0 radical (unpaired) electrons. The predicted molar refractivity (Wildman–Crippen MR) is 79.6 cm³/mol. The smallest absolute Gasteiger partial charge is 0.239 e. The van der Waals surface area contributed by atoms with E-state index >= 15 is 0 Å². The van der Waals surface area contributed by atoms with E-state index in [1.165, 1.54) is 0 Å². The second-order valence-corrected chi connectivity index (χ2v) is 4.57. The first-order chi connectivity index (χ1) is 9.46. The zero-order valence-electron chi connectivity index (χ0n) is 12.5. The highest BCUT2D eigenvalue weighted by atomic mass is 16.1. The Morgan fingerprint density at radius 2 is 1.90 bits per heavy atom. The van der Waals surface area contributed by atoms with Crippen molar-refractivity contribution in [2.75, 3.05) is 35.6 Å². The quantitative estimate of drug-likeness (QED) is 0.656. The van der Waals surface area contributed by atoms with Crippen LogP contribution >= 0.6 is 0 Å². The van der Waals surface area contributed by atoms with Crippen molar-refractivity contribution in [2.45, 2.75) is 33.7 Å². The van der Waals surface area contributed by atoms with Crippen LogP contribution in [0.1, 0.15) is 27.7 Å². The van der Waals surface area contributed by atoms with E-state index in [0.29, 0.717) is 11.9 Å². The number of carbonyl (C=O) groups is 1. The summed E-state index contributed by atoms with van der Waals surface area (Å²) < 4.78 is 0. The van der Waals surface area contributed by atoms with E-state index in [4.69, 9.17) is 5.73 Å². The molecule has 0 unspecified atom stereocenters. The second kappa shape index (κ2) is 7.46. The third-order valence-electron chi connectivity index (χ3n) is 2.54. The Hall–Kier alpha value is -2.12. The molecule has 8 heteroatoms. The zero-order chi connectivity index (χ0) is 15.1. The lowest BCUT2D eigenvalue weighted by molar-refractivity contribution is -0.119. The minimum absolute atomic E-state index is 0.0963. The number of hydrogen-bond donors (Lipinski definition) is 3. The van der Waals surface area contributed by atoms with Crippen molar-refractivity contribution in [1.82, 2.24) is 20.3 Å². The molecular formula is C12H23N7O. The van der Waals surface area contributed by atoms with Gasteiger partial charge in [-0.3, -0.25) is 4.79 Å². The molecule has 0 saturated carbocycles. The standard InChI is InChI=1S/C12H23N7O/c1-5-19(6-2)12-17-10(13)16-11(18-12)14-7-9(20)15-8(3)4/h8H,5-7H2,1-4H3,(H,15,20)(H3,13,14,16,17,18). The normalized spacial score (nSPS) is 10.4. The lowest BCUT2D eigenvalue weighted by Crippen LogP contribution is -2.35. The van der Waals surface area contributed by atoms with Crippen LogP contribution in [0.5, 0.6) is 0 Å². The summed E-state index contributed by atoms with van der Waals surface area (Å²) in [6.07, 6.45) is 0. The van der Waals surface area contributed by atoms with Gasteiger partial charge in [0.2, 0.25) is 23.8 Å². The van der Waals surface area contributed by atoms with Gasteiger partial charge in [-0.2, -0.15) is 15.0 Å². The molecule has 0 atom stereocenters. The highest BCUT2D eigenvalue weighted by Gasteiger charge is 2.10. The van der Waals surface area contributed by atoms with Crippen LogP contribution in [0.2, 0.25) is 0 Å². The van der Waals surface area contributed by atoms with Crippen molar-refractivity contribution in [3.8, 4) is 0 Å². The van der Waals surface area contributed by atoms with Gasteiger partial charge in [-0.05, 0) is 27.7 Å². The Morgan fingerprint density at radius 3 is 2.45 bits per heavy atom. The lowest BCUT2D eigenvalue weighted by atomic mass is 10.4. The Balaban J connectivity index is 2.73. The van der Waals surface area contributed by atoms with E-state index in [1.54, 1.807) is 0 Å². The first kappa shape index (κ1) is 15.9. The molecule has 112 valence electrons. The van der Waals surface area contributed by atoms with Gasteiger partial charge in [0, 0.05) is 19.1 Å². The number of aromatic nitrogens is 3. The van der Waals surface area contributed by atoms with Gasteiger partial charge in [-0.25, -0.2) is 0 Å². The van der Waals surface area contributed by atoms with Gasteiger partial charge in [0.15, 0.2) is 0 Å². The summed E-state index contributed by atoms with van der Waals surface area (Å²) in [6, 6.07) is 0.0963. The molecule has 0 aliphatic rings. The second-order valence-electron chi connectivity index (χ2n) is 4.57. The molecule has 1 heterocycles. The fourth-order valence-corrected chi connectivity index (χ4v) is 1.64. The van der Waals surface area contributed by atoms with E-state index in [9.17, 15) is 4.79 Å². The van der Waals surface area contributed by atoms with Crippen LogP contribution in [0.3, 0.4) is 0 Å². The molecule has 1 amide bonds. The van der Waals surface area contributed by atoms with Crippen LogP contribution in [0.15, 0.2) is 0 Å². The molecule has 0 bridgehead atoms. The molecule has 8 nitrogen and oxygen atoms in total. The third-order valence-corrected chi connectivity index (χ3v) is 2.54. The molecule has 1 aromatic heterocycles. The summed E-state index contributed by atoms with van der Waals surface area (Å²) in [6.45, 7) is 9.45. The molecule has 20 heavy (non-hydrogen) atoms. The fourth-order valence-electron chi connectivity index (χ4n) is 1.64. The largest absolute Gasteiger partial charge is 0.368 e. The Kier molecular flexibility index (Phi) is 5.95. The SMILES string of the molecule is CCN(CC)c1nc(N)nc(NCC(=O)NC(C)C)n1. The van der Waals surface area contributed by atoms with Crippen molar-refractivity contribution in [1.29, 1.82) is 0 Å². The summed E-state index contributed by atoms with van der Waals surface area (Å²) in [5.74, 6) is 0.824. The average Bonchev–Trinajstić information content (AvgIpc) is 2.36. The van der Waals surface area contributed by atoms with Gasteiger partial charge in [-0.1, -0.05) is 0 Å². The van der Waals surface area contributed by atoms with Crippen molar-refractivity contribution in [3.05, 3.63) is 0 Å². The molecule has 0 aromatic carbocycles. The maximum Gasteiger partial charge on any atom is 0.239 e. The van der Waals surface area contributed by atoms with E-state index in [-0.39, 0.29) is 24.4 Å². The van der Waals surface area contributed by atoms with Gasteiger partial charge in [0.25, 0.3) is 0 Å². The van der Waals surface area contributed by atoms with Crippen molar-refractivity contribution >= 4 is 23.8 Å². The van der Waals surface area contributed by atoms with E-state index < -0.39 is 0 Å². The van der Waals surface area contributed by atoms with Gasteiger partial charge >= 0.3 is 0 Å². The number of hydrogen-bond acceptors (Lipinski definition) is 7. The molecule has 0 saturated heterocycles. The van der Waals surface area contributed by atoms with Crippen molar-refractivity contribution < 1.29 is 4.79 Å². The number of amides is 1. The molecule has 0 spiro atoms. The summed E-state index contributed by atoms with van der Waals surface area (Å²) in [5.41, 5.74) is 5.66. The molecule has 0 aliphatic heterocycles. The lowest BCUT2D eigenvalue weighted by Gasteiger charge is -2.19. The highest BCUT2D eigenvalue weighted by molar-refractivity contribution is 5.80. The number of nitrogens with one attached hydrogen (secondary N) is 2. The topological polar surface area (TPSA) is 109 Å².